The van der Waals surface area contributed by atoms with Crippen molar-refractivity contribution in [3.63, 3.8) is 0 Å². The monoisotopic (exact) mass is 210 g/mol. The van der Waals surface area contributed by atoms with E-state index in [0.717, 1.165) is 10.7 Å². The van der Waals surface area contributed by atoms with E-state index in [2.05, 4.69) is 9.97 Å². The van der Waals surface area contributed by atoms with E-state index < -0.39 is 0 Å². The molecule has 0 N–H and O–H groups in total. The lowest BCUT2D eigenvalue weighted by molar-refractivity contribution is 0.102. The number of carbonyl (C=O) groups is 1. The van der Waals surface area contributed by atoms with Gasteiger partial charge in [0.1, 0.15) is 10.7 Å². The third-order valence-electron chi connectivity index (χ3n) is 1.50. The largest absolute Gasteiger partial charge is 0.294 e. The molecule has 0 aliphatic carbocycles. The average Bonchev–Trinajstić information content (AvgIpc) is 2.75. The van der Waals surface area contributed by atoms with Crippen molar-refractivity contribution < 1.29 is 4.79 Å². The zero-order valence-corrected chi connectivity index (χ0v) is 8.48. The molecule has 2 rings (SSSR count). The van der Waals surface area contributed by atoms with Crippen molar-refractivity contribution in [2.24, 2.45) is 0 Å². The molecule has 0 radical (unpaired) electrons. The highest BCUT2D eigenvalue weighted by atomic mass is 32.1. The molecular weight excluding hydrogens is 204 g/mol. The van der Waals surface area contributed by atoms with E-state index in [0.29, 0.717) is 4.88 Å². The maximum atomic E-state index is 11.0. The fourth-order valence-corrected chi connectivity index (χ4v) is 2.26. The van der Waals surface area contributed by atoms with E-state index in [1.807, 2.05) is 5.38 Å². The molecule has 66 valence electrons. The summed E-state index contributed by atoms with van der Waals surface area (Å²) in [5.41, 5.74) is 2.60. The normalized spacial score (nSPS) is 10.2. The summed E-state index contributed by atoms with van der Waals surface area (Å²) in [5, 5.41) is 2.73. The molecule has 0 unspecified atom stereocenters. The zero-order valence-electron chi connectivity index (χ0n) is 6.85. The highest BCUT2D eigenvalue weighted by Gasteiger charge is 2.08. The van der Waals surface area contributed by atoms with Crippen LogP contribution in [-0.2, 0) is 0 Å². The van der Waals surface area contributed by atoms with E-state index in [-0.39, 0.29) is 5.78 Å². The molecule has 2 heterocycles. The predicted octanol–water partition coefficient (Wildman–Crippen LogP) is 2.47. The first-order valence-electron chi connectivity index (χ1n) is 3.62. The minimum atomic E-state index is 0.0546. The quantitative estimate of drug-likeness (QED) is 0.715. The lowest BCUT2D eigenvalue weighted by Crippen LogP contribution is -1.83. The van der Waals surface area contributed by atoms with Crippen LogP contribution in [0.1, 0.15) is 16.6 Å². The molecule has 0 amide bonds. The van der Waals surface area contributed by atoms with Gasteiger partial charge >= 0.3 is 0 Å². The maximum absolute atomic E-state index is 11.0. The third-order valence-corrected chi connectivity index (χ3v) is 3.21. The van der Waals surface area contributed by atoms with Crippen LogP contribution in [-0.4, -0.2) is 15.8 Å². The number of hydrogen-bond acceptors (Lipinski definition) is 5. The fraction of sp³-hybridized carbons (Fsp3) is 0.125. The van der Waals surface area contributed by atoms with Gasteiger partial charge in [-0.2, -0.15) is 0 Å². The summed E-state index contributed by atoms with van der Waals surface area (Å²) in [6.07, 6.45) is 1.60. The summed E-state index contributed by atoms with van der Waals surface area (Å²) in [4.78, 5) is 19.9. The number of aromatic nitrogens is 2. The second-order valence-electron chi connectivity index (χ2n) is 2.46. The van der Waals surface area contributed by atoms with Gasteiger partial charge in [-0.05, 0) is 0 Å². The number of nitrogens with zero attached hydrogens (tertiary/aromatic N) is 2. The summed E-state index contributed by atoms with van der Waals surface area (Å²) in [7, 11) is 0. The Balaban J connectivity index is 2.39. The summed E-state index contributed by atoms with van der Waals surface area (Å²) >= 11 is 2.90. The van der Waals surface area contributed by atoms with Crippen molar-refractivity contribution in [2.75, 3.05) is 0 Å². The first kappa shape index (κ1) is 8.52. The summed E-state index contributed by atoms with van der Waals surface area (Å²) < 4.78 is 0. The van der Waals surface area contributed by atoms with E-state index in [1.165, 1.54) is 22.7 Å². The Morgan fingerprint density at radius 3 is 2.85 bits per heavy atom. The molecule has 2 aromatic heterocycles. The molecular formula is C8H6N2OS2. The first-order valence-corrected chi connectivity index (χ1v) is 5.38. The Kier molecular flexibility index (Phi) is 2.20. The van der Waals surface area contributed by atoms with E-state index in [9.17, 15) is 4.79 Å². The van der Waals surface area contributed by atoms with Crippen LogP contribution in [0.25, 0.3) is 10.7 Å². The predicted molar refractivity (Wildman–Crippen MR) is 53.2 cm³/mol. The van der Waals surface area contributed by atoms with Gasteiger partial charge in [0.15, 0.2) is 5.78 Å². The summed E-state index contributed by atoms with van der Waals surface area (Å²) in [6, 6.07) is 0. The van der Waals surface area contributed by atoms with Crippen LogP contribution < -0.4 is 0 Å². The van der Waals surface area contributed by atoms with Crippen LogP contribution in [0.2, 0.25) is 0 Å². The second-order valence-corrected chi connectivity index (χ2v) is 4.21. The van der Waals surface area contributed by atoms with Gasteiger partial charge in [0.25, 0.3) is 0 Å². The molecule has 0 fully saturated rings. The van der Waals surface area contributed by atoms with Crippen molar-refractivity contribution in [1.82, 2.24) is 9.97 Å². The molecule has 0 aliphatic rings. The van der Waals surface area contributed by atoms with Gasteiger partial charge in [0.05, 0.1) is 10.4 Å². The number of rotatable bonds is 2. The van der Waals surface area contributed by atoms with Crippen molar-refractivity contribution >= 4 is 28.5 Å². The SMILES string of the molecule is CC(=O)c1cnc(-c2cscn2)s1. The molecule has 13 heavy (non-hydrogen) atoms. The van der Waals surface area contributed by atoms with Crippen LogP contribution in [0.3, 0.4) is 0 Å². The molecule has 2 aromatic rings. The second kappa shape index (κ2) is 3.35. The van der Waals surface area contributed by atoms with Crippen molar-refractivity contribution in [3.05, 3.63) is 22.0 Å². The lowest BCUT2D eigenvalue weighted by atomic mass is 10.4. The molecule has 0 aliphatic heterocycles. The van der Waals surface area contributed by atoms with Gasteiger partial charge in [-0.15, -0.1) is 22.7 Å². The van der Waals surface area contributed by atoms with Gasteiger partial charge in [-0.1, -0.05) is 0 Å². The van der Waals surface area contributed by atoms with E-state index >= 15 is 0 Å². The Morgan fingerprint density at radius 1 is 1.46 bits per heavy atom. The number of Topliss-reactive ketones (excluding diaryl/α,β-unsaturated/α-hetero) is 1. The molecule has 0 aromatic carbocycles. The number of ketones is 1. The molecule has 0 saturated carbocycles. The minimum Gasteiger partial charge on any atom is -0.294 e. The van der Waals surface area contributed by atoms with Gasteiger partial charge in [0.2, 0.25) is 0 Å². The Labute approximate surface area is 83.1 Å². The number of hydrogen-bond donors (Lipinski definition) is 0. The van der Waals surface area contributed by atoms with Crippen LogP contribution in [0.5, 0.6) is 0 Å². The minimum absolute atomic E-state index is 0.0546. The molecule has 5 heteroatoms. The number of thiazole rings is 2. The average molecular weight is 210 g/mol. The van der Waals surface area contributed by atoms with Crippen LogP contribution >= 0.6 is 22.7 Å². The van der Waals surface area contributed by atoms with Gasteiger partial charge < -0.3 is 0 Å². The lowest BCUT2D eigenvalue weighted by Gasteiger charge is -1.84. The van der Waals surface area contributed by atoms with Gasteiger partial charge in [-0.25, -0.2) is 9.97 Å². The topological polar surface area (TPSA) is 42.9 Å². The summed E-state index contributed by atoms with van der Waals surface area (Å²) in [6.45, 7) is 1.54. The molecule has 0 spiro atoms. The van der Waals surface area contributed by atoms with Crippen LogP contribution in [0, 0.1) is 0 Å². The van der Waals surface area contributed by atoms with Crippen molar-refractivity contribution in [2.45, 2.75) is 6.92 Å². The van der Waals surface area contributed by atoms with Gasteiger partial charge in [0, 0.05) is 18.5 Å². The van der Waals surface area contributed by atoms with Crippen molar-refractivity contribution in [1.29, 1.82) is 0 Å². The highest BCUT2D eigenvalue weighted by molar-refractivity contribution is 7.17. The van der Waals surface area contributed by atoms with Crippen LogP contribution in [0.4, 0.5) is 0 Å². The molecule has 0 saturated heterocycles. The fourth-order valence-electron chi connectivity index (χ4n) is 0.873. The van der Waals surface area contributed by atoms with Crippen molar-refractivity contribution in [3.8, 4) is 10.7 Å². The first-order chi connectivity index (χ1) is 6.27. The van der Waals surface area contributed by atoms with E-state index in [4.69, 9.17) is 0 Å². The molecule has 0 atom stereocenters. The Hall–Kier alpha value is -1.07. The number of carbonyl (C=O) groups excluding carboxylic acids is 1. The smallest absolute Gasteiger partial charge is 0.171 e. The highest BCUT2D eigenvalue weighted by Crippen LogP contribution is 2.24. The summed E-state index contributed by atoms with van der Waals surface area (Å²) in [5.74, 6) is 0.0546. The zero-order chi connectivity index (χ0) is 9.26. The molecule has 3 nitrogen and oxygen atoms in total. The van der Waals surface area contributed by atoms with Gasteiger partial charge in [-0.3, -0.25) is 4.79 Å². The Morgan fingerprint density at radius 2 is 2.31 bits per heavy atom. The third kappa shape index (κ3) is 1.66. The van der Waals surface area contributed by atoms with E-state index in [1.54, 1.807) is 18.6 Å². The molecule has 0 bridgehead atoms. The van der Waals surface area contributed by atoms with Crippen LogP contribution in [0.15, 0.2) is 17.1 Å². The Bertz CT molecular complexity index is 419. The standard InChI is InChI=1S/C8H6N2OS2/c1-5(11)7-2-9-8(13-7)6-3-12-4-10-6/h2-4H,1H3. The maximum Gasteiger partial charge on any atom is 0.171 e.